The molecule has 0 aliphatic rings. The van der Waals surface area contributed by atoms with Crippen LogP contribution < -0.4 is 4.72 Å². The van der Waals surface area contributed by atoms with Gasteiger partial charge in [-0.2, -0.15) is 0 Å². The summed E-state index contributed by atoms with van der Waals surface area (Å²) < 4.78 is 30.4. The van der Waals surface area contributed by atoms with Crippen molar-refractivity contribution in [3.63, 3.8) is 0 Å². The Balaban J connectivity index is 2.77. The molecular weight excluding hydrogens is 218 g/mol. The molecule has 0 spiro atoms. The van der Waals surface area contributed by atoms with Crippen LogP contribution in [0.25, 0.3) is 0 Å². The first-order chi connectivity index (χ1) is 6.71. The van der Waals surface area contributed by atoms with Gasteiger partial charge in [0, 0.05) is 6.54 Å². The summed E-state index contributed by atoms with van der Waals surface area (Å²) in [5, 5.41) is 9.24. The zero-order valence-electron chi connectivity index (χ0n) is 8.94. The molecule has 86 valence electrons. The fraction of sp³-hybridized carbons (Fsp3) is 0.556. The van der Waals surface area contributed by atoms with Gasteiger partial charge in [0.2, 0.25) is 5.09 Å². The number of sulfonamides is 1. The van der Waals surface area contributed by atoms with Crippen LogP contribution in [0.5, 0.6) is 0 Å². The number of nitrogens with one attached hydrogen (secondary N) is 1. The molecule has 0 aliphatic carbocycles. The Hall–Kier alpha value is -0.850. The zero-order chi connectivity index (χ0) is 11.7. The largest absolute Gasteiger partial charge is 0.449 e. The first kappa shape index (κ1) is 12.2. The Morgan fingerprint density at radius 1 is 1.47 bits per heavy atom. The average Bonchev–Trinajstić information content (AvgIpc) is 2.48. The average molecular weight is 233 g/mol. The van der Waals surface area contributed by atoms with Crippen LogP contribution in [-0.2, 0) is 10.0 Å². The van der Waals surface area contributed by atoms with Gasteiger partial charge in [0.25, 0.3) is 10.0 Å². The van der Waals surface area contributed by atoms with Crippen molar-refractivity contribution in [1.82, 2.24) is 4.72 Å². The van der Waals surface area contributed by atoms with Gasteiger partial charge >= 0.3 is 0 Å². The van der Waals surface area contributed by atoms with Gasteiger partial charge in [0.15, 0.2) is 0 Å². The lowest BCUT2D eigenvalue weighted by Crippen LogP contribution is -2.38. The molecule has 0 amide bonds. The molecule has 0 atom stereocenters. The van der Waals surface area contributed by atoms with Crippen molar-refractivity contribution in [2.45, 2.75) is 31.5 Å². The molecule has 5 nitrogen and oxygen atoms in total. The molecule has 15 heavy (non-hydrogen) atoms. The summed E-state index contributed by atoms with van der Waals surface area (Å²) in [6, 6.07) is 2.95. The minimum Gasteiger partial charge on any atom is -0.449 e. The molecule has 0 fully saturated rings. The van der Waals surface area contributed by atoms with Gasteiger partial charge in [-0.05, 0) is 32.9 Å². The SMILES string of the molecule is Cc1ccc(S(=O)(=O)NCC(C)(C)O)o1. The third-order valence-corrected chi connectivity index (χ3v) is 2.95. The first-order valence-corrected chi connectivity index (χ1v) is 5.97. The predicted octanol–water partition coefficient (Wildman–Crippen LogP) is 0.637. The highest BCUT2D eigenvalue weighted by molar-refractivity contribution is 7.89. The van der Waals surface area contributed by atoms with Gasteiger partial charge in [0.1, 0.15) is 5.76 Å². The lowest BCUT2D eigenvalue weighted by molar-refractivity contribution is 0.0856. The van der Waals surface area contributed by atoms with E-state index in [1.807, 2.05) is 0 Å². The van der Waals surface area contributed by atoms with E-state index >= 15 is 0 Å². The lowest BCUT2D eigenvalue weighted by atomic mass is 10.1. The van der Waals surface area contributed by atoms with E-state index in [9.17, 15) is 13.5 Å². The van der Waals surface area contributed by atoms with Crippen molar-refractivity contribution in [3.05, 3.63) is 17.9 Å². The van der Waals surface area contributed by atoms with Gasteiger partial charge in [-0.25, -0.2) is 13.1 Å². The second kappa shape index (κ2) is 3.96. The summed E-state index contributed by atoms with van der Waals surface area (Å²) in [6.07, 6.45) is 0. The van der Waals surface area contributed by atoms with E-state index in [2.05, 4.69) is 4.72 Å². The Bertz CT molecular complexity index is 427. The Morgan fingerprint density at radius 3 is 2.47 bits per heavy atom. The number of furan rings is 1. The molecule has 0 saturated heterocycles. The molecule has 0 saturated carbocycles. The molecule has 1 aromatic rings. The summed E-state index contributed by atoms with van der Waals surface area (Å²) in [6.45, 7) is 4.63. The fourth-order valence-corrected chi connectivity index (χ4v) is 2.07. The molecule has 1 rings (SSSR count). The minimum absolute atomic E-state index is 0.0604. The molecule has 2 N–H and O–H groups in total. The van der Waals surface area contributed by atoms with E-state index in [0.717, 1.165) is 0 Å². The van der Waals surface area contributed by atoms with Crippen LogP contribution >= 0.6 is 0 Å². The predicted molar refractivity (Wildman–Crippen MR) is 54.9 cm³/mol. The minimum atomic E-state index is -3.65. The number of aryl methyl sites for hydroxylation is 1. The second-order valence-electron chi connectivity index (χ2n) is 4.00. The van der Waals surface area contributed by atoms with Gasteiger partial charge in [-0.1, -0.05) is 0 Å². The maximum absolute atomic E-state index is 11.6. The normalized spacial score (nSPS) is 13.1. The number of aliphatic hydroxyl groups is 1. The highest BCUT2D eigenvalue weighted by Crippen LogP contribution is 2.13. The lowest BCUT2D eigenvalue weighted by Gasteiger charge is -2.16. The van der Waals surface area contributed by atoms with Crippen LogP contribution in [0.3, 0.4) is 0 Å². The monoisotopic (exact) mass is 233 g/mol. The molecule has 1 heterocycles. The summed E-state index contributed by atoms with van der Waals surface area (Å²) in [5.74, 6) is 0.527. The quantitative estimate of drug-likeness (QED) is 0.799. The molecule has 0 unspecified atom stereocenters. The van der Waals surface area contributed by atoms with Gasteiger partial charge in [0.05, 0.1) is 5.60 Å². The molecular formula is C9H15NO4S. The summed E-state index contributed by atoms with van der Waals surface area (Å²) >= 11 is 0. The van der Waals surface area contributed by atoms with E-state index in [1.165, 1.54) is 19.9 Å². The van der Waals surface area contributed by atoms with Gasteiger partial charge < -0.3 is 9.52 Å². The number of hydrogen-bond acceptors (Lipinski definition) is 4. The fourth-order valence-electron chi connectivity index (χ4n) is 0.899. The maximum atomic E-state index is 11.6. The van der Waals surface area contributed by atoms with Gasteiger partial charge in [-0.15, -0.1) is 0 Å². The first-order valence-electron chi connectivity index (χ1n) is 4.49. The van der Waals surface area contributed by atoms with Crippen LogP contribution in [0.15, 0.2) is 21.6 Å². The summed E-state index contributed by atoms with van der Waals surface area (Å²) in [4.78, 5) is 0. The van der Waals surface area contributed by atoms with E-state index in [-0.39, 0.29) is 11.6 Å². The van der Waals surface area contributed by atoms with E-state index in [4.69, 9.17) is 4.42 Å². The summed E-state index contributed by atoms with van der Waals surface area (Å²) in [5.41, 5.74) is -1.09. The van der Waals surface area contributed by atoms with Crippen molar-refractivity contribution in [2.24, 2.45) is 0 Å². The molecule has 0 radical (unpaired) electrons. The van der Waals surface area contributed by atoms with E-state index in [0.29, 0.717) is 5.76 Å². The highest BCUT2D eigenvalue weighted by Gasteiger charge is 2.21. The van der Waals surface area contributed by atoms with Crippen LogP contribution in [-0.4, -0.2) is 25.7 Å². The van der Waals surface area contributed by atoms with Crippen LogP contribution in [0.2, 0.25) is 0 Å². The van der Waals surface area contributed by atoms with Crippen LogP contribution in [0, 0.1) is 6.92 Å². The van der Waals surface area contributed by atoms with E-state index < -0.39 is 15.6 Å². The molecule has 0 bridgehead atoms. The third kappa shape index (κ3) is 3.65. The Labute approximate surface area is 89.2 Å². The van der Waals surface area contributed by atoms with Crippen molar-refractivity contribution in [1.29, 1.82) is 0 Å². The van der Waals surface area contributed by atoms with Crippen molar-refractivity contribution >= 4 is 10.0 Å². The maximum Gasteiger partial charge on any atom is 0.274 e. The molecule has 0 aromatic carbocycles. The molecule has 0 aliphatic heterocycles. The van der Waals surface area contributed by atoms with Crippen LogP contribution in [0.4, 0.5) is 0 Å². The highest BCUT2D eigenvalue weighted by atomic mass is 32.2. The van der Waals surface area contributed by atoms with Crippen molar-refractivity contribution < 1.29 is 17.9 Å². The zero-order valence-corrected chi connectivity index (χ0v) is 9.76. The smallest absolute Gasteiger partial charge is 0.274 e. The Morgan fingerprint density at radius 2 is 2.07 bits per heavy atom. The third-order valence-electron chi connectivity index (χ3n) is 1.68. The van der Waals surface area contributed by atoms with Crippen molar-refractivity contribution in [2.75, 3.05) is 6.54 Å². The van der Waals surface area contributed by atoms with Crippen molar-refractivity contribution in [3.8, 4) is 0 Å². The van der Waals surface area contributed by atoms with E-state index in [1.54, 1.807) is 13.0 Å². The summed E-state index contributed by atoms with van der Waals surface area (Å²) in [7, 11) is -3.65. The topological polar surface area (TPSA) is 79.5 Å². The standard InChI is InChI=1S/C9H15NO4S/c1-7-4-5-8(14-7)15(12,13)10-6-9(2,3)11/h4-5,10-11H,6H2,1-3H3. The van der Waals surface area contributed by atoms with Gasteiger partial charge in [-0.3, -0.25) is 0 Å². The second-order valence-corrected chi connectivity index (χ2v) is 5.70. The molecule has 1 aromatic heterocycles. The number of hydrogen-bond donors (Lipinski definition) is 2. The Kier molecular flexibility index (Phi) is 3.22. The van der Waals surface area contributed by atoms with Crippen LogP contribution in [0.1, 0.15) is 19.6 Å². The molecule has 6 heteroatoms. The number of rotatable bonds is 4.